The van der Waals surface area contributed by atoms with Crippen LogP contribution >= 0.6 is 15.9 Å². The topological polar surface area (TPSA) is 54.3 Å². The number of amides is 1. The van der Waals surface area contributed by atoms with E-state index in [2.05, 4.69) is 37.0 Å². The second kappa shape index (κ2) is 7.40. The van der Waals surface area contributed by atoms with Crippen molar-refractivity contribution >= 4 is 32.9 Å². The molecule has 0 aliphatic carbocycles. The van der Waals surface area contributed by atoms with Crippen LogP contribution in [0.2, 0.25) is 0 Å². The van der Waals surface area contributed by atoms with Crippen LogP contribution in [0.1, 0.15) is 21.6 Å². The molecule has 0 N–H and O–H groups in total. The summed E-state index contributed by atoms with van der Waals surface area (Å²) < 4.78 is 2.80. The number of hydrogen-bond donors (Lipinski definition) is 0. The van der Waals surface area contributed by atoms with Gasteiger partial charge >= 0.3 is 0 Å². The number of benzene rings is 1. The zero-order valence-corrected chi connectivity index (χ0v) is 17.1. The summed E-state index contributed by atoms with van der Waals surface area (Å²) in [5.41, 5.74) is 3.85. The number of carbonyl (C=O) groups is 1. The van der Waals surface area contributed by atoms with Crippen LogP contribution in [0.4, 0.5) is 0 Å². The first kappa shape index (κ1) is 18.1. The summed E-state index contributed by atoms with van der Waals surface area (Å²) in [6.45, 7) is 6.09. The fourth-order valence-electron chi connectivity index (χ4n) is 3.58. The Balaban J connectivity index is 1.38. The van der Waals surface area contributed by atoms with Gasteiger partial charge < -0.3 is 4.90 Å². The molecule has 1 fully saturated rings. The highest BCUT2D eigenvalue weighted by molar-refractivity contribution is 9.10. The molecule has 4 rings (SSSR count). The highest BCUT2D eigenvalue weighted by Crippen LogP contribution is 2.19. The van der Waals surface area contributed by atoms with E-state index in [9.17, 15) is 4.79 Å². The minimum Gasteiger partial charge on any atom is -0.336 e. The summed E-state index contributed by atoms with van der Waals surface area (Å²) in [7, 11) is 1.92. The zero-order valence-electron chi connectivity index (χ0n) is 15.5. The number of pyridine rings is 1. The van der Waals surface area contributed by atoms with Crippen LogP contribution in [-0.4, -0.2) is 56.7 Å². The van der Waals surface area contributed by atoms with Gasteiger partial charge in [0.15, 0.2) is 5.65 Å². The molecular formula is C20H22BrN5O. The maximum atomic E-state index is 12.6. The highest BCUT2D eigenvalue weighted by Gasteiger charge is 2.22. The van der Waals surface area contributed by atoms with Gasteiger partial charge in [0.1, 0.15) is 0 Å². The normalized spacial score (nSPS) is 15.4. The van der Waals surface area contributed by atoms with Crippen molar-refractivity contribution in [3.05, 3.63) is 57.8 Å². The molecule has 3 heterocycles. The number of fused-ring (bicyclic) bond motifs is 1. The van der Waals surface area contributed by atoms with Gasteiger partial charge in [-0.1, -0.05) is 15.9 Å². The quantitative estimate of drug-likeness (QED) is 0.644. The molecular weight excluding hydrogens is 406 g/mol. The number of nitrogens with zero attached hydrogens (tertiary/aromatic N) is 5. The first-order valence-electron chi connectivity index (χ1n) is 9.07. The number of aromatic nitrogens is 3. The Labute approximate surface area is 166 Å². The molecule has 1 saturated heterocycles. The average Bonchev–Trinajstić information content (AvgIpc) is 2.96. The van der Waals surface area contributed by atoms with E-state index in [0.717, 1.165) is 59.5 Å². The molecule has 0 saturated carbocycles. The van der Waals surface area contributed by atoms with E-state index in [-0.39, 0.29) is 5.91 Å². The van der Waals surface area contributed by atoms with Crippen molar-refractivity contribution in [1.29, 1.82) is 0 Å². The molecule has 1 amide bonds. The molecule has 1 aromatic carbocycles. The zero-order chi connectivity index (χ0) is 19.0. The molecule has 7 heteroatoms. The van der Waals surface area contributed by atoms with Crippen molar-refractivity contribution in [1.82, 2.24) is 24.6 Å². The number of aryl methyl sites for hydroxylation is 2. The first-order chi connectivity index (χ1) is 13.0. The Morgan fingerprint density at radius 3 is 2.56 bits per heavy atom. The fraction of sp³-hybridized carbons (Fsp3) is 0.350. The van der Waals surface area contributed by atoms with E-state index in [1.807, 2.05) is 54.0 Å². The standard InChI is InChI=1S/C20H22BrN5O/c1-14-18-11-15(12-22-19(18)24(2)23-14)13-25-7-9-26(10-8-25)20(27)16-3-5-17(21)6-4-16/h3-6,11-12H,7-10,13H2,1-2H3. The summed E-state index contributed by atoms with van der Waals surface area (Å²) in [6, 6.07) is 9.75. The van der Waals surface area contributed by atoms with E-state index in [1.54, 1.807) is 0 Å². The Bertz CT molecular complexity index is 974. The molecule has 0 unspecified atom stereocenters. The fourth-order valence-corrected chi connectivity index (χ4v) is 3.84. The third-order valence-electron chi connectivity index (χ3n) is 5.08. The monoisotopic (exact) mass is 427 g/mol. The molecule has 0 atom stereocenters. The lowest BCUT2D eigenvalue weighted by Crippen LogP contribution is -2.48. The van der Waals surface area contributed by atoms with Gasteiger partial charge in [-0.25, -0.2) is 4.98 Å². The lowest BCUT2D eigenvalue weighted by Gasteiger charge is -2.34. The second-order valence-corrected chi connectivity index (χ2v) is 7.91. The Hall–Kier alpha value is -2.25. The van der Waals surface area contributed by atoms with Crippen molar-refractivity contribution < 1.29 is 4.79 Å². The smallest absolute Gasteiger partial charge is 0.253 e. The maximum absolute atomic E-state index is 12.6. The van der Waals surface area contributed by atoms with Crippen LogP contribution in [0.15, 0.2) is 41.0 Å². The minimum atomic E-state index is 0.108. The van der Waals surface area contributed by atoms with Gasteiger partial charge in [0.05, 0.1) is 5.69 Å². The Kier molecular flexibility index (Phi) is 4.97. The van der Waals surface area contributed by atoms with E-state index >= 15 is 0 Å². The molecule has 1 aliphatic rings. The van der Waals surface area contributed by atoms with Gasteiger partial charge in [0.2, 0.25) is 0 Å². The average molecular weight is 428 g/mol. The number of rotatable bonds is 3. The molecule has 1 aliphatic heterocycles. The molecule has 0 radical (unpaired) electrons. The Morgan fingerprint density at radius 1 is 1.15 bits per heavy atom. The molecule has 3 aromatic rings. The maximum Gasteiger partial charge on any atom is 0.253 e. The first-order valence-corrected chi connectivity index (χ1v) is 9.86. The van der Waals surface area contributed by atoms with Gasteiger partial charge in [-0.05, 0) is 42.8 Å². The summed E-state index contributed by atoms with van der Waals surface area (Å²) in [5.74, 6) is 0.108. The minimum absolute atomic E-state index is 0.108. The van der Waals surface area contributed by atoms with Crippen molar-refractivity contribution in [3.8, 4) is 0 Å². The number of carbonyl (C=O) groups excluding carboxylic acids is 1. The molecule has 2 aromatic heterocycles. The largest absolute Gasteiger partial charge is 0.336 e. The summed E-state index contributed by atoms with van der Waals surface area (Å²) in [5, 5.41) is 5.55. The Morgan fingerprint density at radius 2 is 1.85 bits per heavy atom. The summed E-state index contributed by atoms with van der Waals surface area (Å²) in [6.07, 6.45) is 1.93. The van der Waals surface area contributed by atoms with Gasteiger partial charge in [-0.2, -0.15) is 5.10 Å². The lowest BCUT2D eigenvalue weighted by atomic mass is 10.1. The predicted octanol–water partition coefficient (Wildman–Crippen LogP) is 3.00. The van der Waals surface area contributed by atoms with Crippen molar-refractivity contribution in [3.63, 3.8) is 0 Å². The summed E-state index contributed by atoms with van der Waals surface area (Å²) >= 11 is 3.41. The van der Waals surface area contributed by atoms with Gasteiger partial charge in [-0.15, -0.1) is 0 Å². The lowest BCUT2D eigenvalue weighted by molar-refractivity contribution is 0.0628. The van der Waals surface area contributed by atoms with Gasteiger partial charge in [-0.3, -0.25) is 14.4 Å². The van der Waals surface area contributed by atoms with E-state index in [0.29, 0.717) is 0 Å². The molecule has 0 bridgehead atoms. The SMILES string of the molecule is Cc1nn(C)c2ncc(CN3CCN(C(=O)c4ccc(Br)cc4)CC3)cc12. The van der Waals surface area contributed by atoms with Crippen LogP contribution in [0.25, 0.3) is 11.0 Å². The highest BCUT2D eigenvalue weighted by atomic mass is 79.9. The van der Waals surface area contributed by atoms with Crippen molar-refractivity contribution in [2.75, 3.05) is 26.2 Å². The molecule has 0 spiro atoms. The van der Waals surface area contributed by atoms with Crippen LogP contribution in [0.3, 0.4) is 0 Å². The number of halogens is 1. The third kappa shape index (κ3) is 3.75. The van der Waals surface area contributed by atoms with Gasteiger partial charge in [0.25, 0.3) is 5.91 Å². The second-order valence-electron chi connectivity index (χ2n) is 7.00. The van der Waals surface area contributed by atoms with Crippen molar-refractivity contribution in [2.45, 2.75) is 13.5 Å². The van der Waals surface area contributed by atoms with Gasteiger partial charge in [0, 0.05) is 61.4 Å². The van der Waals surface area contributed by atoms with Crippen LogP contribution in [-0.2, 0) is 13.6 Å². The number of piperazine rings is 1. The predicted molar refractivity (Wildman–Crippen MR) is 109 cm³/mol. The molecule has 6 nitrogen and oxygen atoms in total. The van der Waals surface area contributed by atoms with Crippen LogP contribution in [0, 0.1) is 6.92 Å². The third-order valence-corrected chi connectivity index (χ3v) is 5.61. The molecule has 140 valence electrons. The van der Waals surface area contributed by atoms with E-state index < -0.39 is 0 Å². The molecule has 27 heavy (non-hydrogen) atoms. The number of hydrogen-bond acceptors (Lipinski definition) is 4. The summed E-state index contributed by atoms with van der Waals surface area (Å²) in [4.78, 5) is 21.5. The van der Waals surface area contributed by atoms with E-state index in [1.165, 1.54) is 5.56 Å². The van der Waals surface area contributed by atoms with Crippen molar-refractivity contribution in [2.24, 2.45) is 7.05 Å². The van der Waals surface area contributed by atoms with E-state index in [4.69, 9.17) is 0 Å². The van der Waals surface area contributed by atoms with Crippen LogP contribution in [0.5, 0.6) is 0 Å². The van der Waals surface area contributed by atoms with Crippen LogP contribution < -0.4 is 0 Å².